The smallest absolute Gasteiger partial charge is 0.146 e. The lowest BCUT2D eigenvalue weighted by Gasteiger charge is -2.01. The van der Waals surface area contributed by atoms with Crippen molar-refractivity contribution in [1.82, 2.24) is 0 Å². The van der Waals surface area contributed by atoms with Crippen molar-refractivity contribution in [3.63, 3.8) is 0 Å². The van der Waals surface area contributed by atoms with Crippen LogP contribution >= 0.6 is 0 Å². The van der Waals surface area contributed by atoms with E-state index in [4.69, 9.17) is 0 Å². The molecular weight excluding hydrogens is 102 g/mol. The zero-order valence-corrected chi connectivity index (χ0v) is 5.35. The summed E-state index contributed by atoms with van der Waals surface area (Å²) in [7, 11) is -0.00141. The second-order valence-corrected chi connectivity index (χ2v) is 4.79. The molecule has 7 heavy (non-hydrogen) atoms. The molecule has 1 unspecified atom stereocenters. The Balaban J connectivity index is 2.02. The second kappa shape index (κ2) is 1.25. The first kappa shape index (κ1) is 3.95. The summed E-state index contributed by atoms with van der Waals surface area (Å²) in [5.41, 5.74) is 0.929. The number of fused-ring (bicyclic) bond motifs is 1. The molecule has 0 bridgehead atoms. The molecule has 0 N–H and O–H groups in total. The van der Waals surface area contributed by atoms with Crippen LogP contribution in [0.25, 0.3) is 0 Å². The first-order valence-corrected chi connectivity index (χ1v) is 4.76. The van der Waals surface area contributed by atoms with Crippen molar-refractivity contribution < 1.29 is 0 Å². The van der Waals surface area contributed by atoms with Crippen molar-refractivity contribution in [3.8, 4) is 0 Å². The van der Waals surface area contributed by atoms with E-state index in [1.54, 1.807) is 0 Å². The van der Waals surface area contributed by atoms with Gasteiger partial charge in [-0.2, -0.15) is 0 Å². The van der Waals surface area contributed by atoms with Gasteiger partial charge in [-0.25, -0.2) is 0 Å². The summed E-state index contributed by atoms with van der Waals surface area (Å²) in [4.78, 5) is 0. The fourth-order valence-electron chi connectivity index (χ4n) is 1.27. The van der Waals surface area contributed by atoms with Gasteiger partial charge in [0, 0.05) is 0 Å². The molecule has 1 atom stereocenters. The van der Waals surface area contributed by atoms with Gasteiger partial charge in [0.2, 0.25) is 0 Å². The monoisotopic (exact) mass is 111 g/mol. The van der Waals surface area contributed by atoms with Gasteiger partial charge in [0.15, 0.2) is 0 Å². The summed E-state index contributed by atoms with van der Waals surface area (Å²) in [5, 5.41) is 0. The Hall–Kier alpha value is 0.0169. The summed E-state index contributed by atoms with van der Waals surface area (Å²) >= 11 is 0. The average molecular weight is 111 g/mol. The molecule has 0 saturated carbocycles. The summed E-state index contributed by atoms with van der Waals surface area (Å²) < 4.78 is 4.46. The molecule has 1 nitrogen and oxygen atoms in total. The molecule has 2 heterocycles. The lowest BCUT2D eigenvalue weighted by molar-refractivity contribution is 0.697. The van der Waals surface area contributed by atoms with E-state index in [-0.39, 0.29) is 8.59 Å². The van der Waals surface area contributed by atoms with E-state index >= 15 is 0 Å². The highest BCUT2D eigenvalue weighted by atomic mass is 28.3. The Kier molecular flexibility index (Phi) is 0.705. The summed E-state index contributed by atoms with van der Waals surface area (Å²) in [6, 6.07) is 1.50. The van der Waals surface area contributed by atoms with Crippen LogP contribution in [0.15, 0.2) is 4.63 Å². The standard InChI is InChI=1S/C5H9NSi/c1-2-4-7-5(3-1)6-7/h5H,1-4H2. The topological polar surface area (TPSA) is 12.4 Å². The maximum absolute atomic E-state index is 4.46. The van der Waals surface area contributed by atoms with Gasteiger partial charge in [-0.05, 0) is 12.5 Å². The van der Waals surface area contributed by atoms with E-state index in [1.807, 2.05) is 0 Å². The highest BCUT2D eigenvalue weighted by Gasteiger charge is 2.30. The molecule has 2 rings (SSSR count). The Bertz CT molecular complexity index is 119. The van der Waals surface area contributed by atoms with E-state index in [9.17, 15) is 0 Å². The van der Waals surface area contributed by atoms with Gasteiger partial charge in [-0.1, -0.05) is 12.8 Å². The molecule has 0 amide bonds. The maximum Gasteiger partial charge on any atom is 0.146 e. The van der Waals surface area contributed by atoms with E-state index in [0.717, 1.165) is 5.67 Å². The fourth-order valence-corrected chi connectivity index (χ4v) is 3.61. The van der Waals surface area contributed by atoms with Gasteiger partial charge in [0.05, 0.1) is 5.67 Å². The molecule has 1 saturated heterocycles. The molecule has 2 heteroatoms. The first-order chi connectivity index (χ1) is 3.47. The van der Waals surface area contributed by atoms with Crippen LogP contribution in [0.4, 0.5) is 0 Å². The third-order valence-electron chi connectivity index (χ3n) is 1.80. The Morgan fingerprint density at radius 3 is 3.00 bits per heavy atom. The van der Waals surface area contributed by atoms with Crippen LogP contribution in [0.3, 0.4) is 0 Å². The first-order valence-electron chi connectivity index (χ1n) is 3.03. The SMILES string of the molecule is C1CC[Si]2=NC2C1. The number of nitrogens with zero attached hydrogens (tertiary/aromatic N) is 1. The molecular formula is C5H9NSi. The molecule has 0 spiro atoms. The largest absolute Gasteiger partial charge is 0.330 e. The minimum Gasteiger partial charge on any atom is -0.330 e. The van der Waals surface area contributed by atoms with Gasteiger partial charge < -0.3 is 4.63 Å². The number of rotatable bonds is 0. The predicted octanol–water partition coefficient (Wildman–Crippen LogP) is 1.35. The van der Waals surface area contributed by atoms with Crippen molar-refractivity contribution in [3.05, 3.63) is 0 Å². The molecule has 2 aliphatic rings. The maximum atomic E-state index is 4.46. The summed E-state index contributed by atoms with van der Waals surface area (Å²) in [6.45, 7) is 0. The summed E-state index contributed by atoms with van der Waals surface area (Å²) in [6.07, 6.45) is 4.38. The normalized spacial score (nSPS) is 36.6. The van der Waals surface area contributed by atoms with Crippen LogP contribution in [-0.4, -0.2) is 14.3 Å². The minimum atomic E-state index is -0.00141. The van der Waals surface area contributed by atoms with E-state index in [1.165, 1.54) is 25.3 Å². The predicted molar refractivity (Wildman–Crippen MR) is 30.6 cm³/mol. The molecule has 0 aromatic rings. The van der Waals surface area contributed by atoms with Crippen LogP contribution in [0.2, 0.25) is 6.04 Å². The lowest BCUT2D eigenvalue weighted by Crippen LogP contribution is -2.04. The van der Waals surface area contributed by atoms with Gasteiger partial charge in [0.25, 0.3) is 0 Å². The van der Waals surface area contributed by atoms with Crippen LogP contribution < -0.4 is 0 Å². The number of hydrogen-bond acceptors (Lipinski definition) is 1. The molecule has 2 aliphatic heterocycles. The van der Waals surface area contributed by atoms with Crippen LogP contribution in [0.5, 0.6) is 0 Å². The van der Waals surface area contributed by atoms with Crippen LogP contribution in [0, 0.1) is 0 Å². The van der Waals surface area contributed by atoms with Gasteiger partial charge >= 0.3 is 0 Å². The Labute approximate surface area is 45.1 Å². The van der Waals surface area contributed by atoms with Gasteiger partial charge in [-0.3, -0.25) is 0 Å². The van der Waals surface area contributed by atoms with Crippen LogP contribution in [-0.2, 0) is 0 Å². The average Bonchev–Trinajstić information content (AvgIpc) is 2.41. The highest BCUT2D eigenvalue weighted by molar-refractivity contribution is 6.57. The van der Waals surface area contributed by atoms with Crippen molar-refractivity contribution >= 4 is 8.59 Å². The Morgan fingerprint density at radius 2 is 2.43 bits per heavy atom. The minimum absolute atomic E-state index is 0.00141. The summed E-state index contributed by atoms with van der Waals surface area (Å²) in [5.74, 6) is 0. The zero-order valence-electron chi connectivity index (χ0n) is 4.35. The van der Waals surface area contributed by atoms with Crippen LogP contribution in [0.1, 0.15) is 19.3 Å². The van der Waals surface area contributed by atoms with E-state index in [0.29, 0.717) is 0 Å². The van der Waals surface area contributed by atoms with Crippen molar-refractivity contribution in [1.29, 1.82) is 0 Å². The van der Waals surface area contributed by atoms with Gasteiger partial charge in [0.1, 0.15) is 8.59 Å². The highest BCUT2D eigenvalue weighted by Crippen LogP contribution is 2.27. The van der Waals surface area contributed by atoms with E-state index < -0.39 is 0 Å². The molecule has 1 fully saturated rings. The third kappa shape index (κ3) is 0.573. The third-order valence-corrected chi connectivity index (χ3v) is 4.23. The van der Waals surface area contributed by atoms with Gasteiger partial charge in [-0.15, -0.1) is 0 Å². The molecule has 0 aliphatic carbocycles. The second-order valence-electron chi connectivity index (χ2n) is 2.38. The molecule has 0 aromatic heterocycles. The number of hydrogen-bond donors (Lipinski definition) is 0. The molecule has 0 aromatic carbocycles. The van der Waals surface area contributed by atoms with Crippen molar-refractivity contribution in [2.45, 2.75) is 31.0 Å². The van der Waals surface area contributed by atoms with Crippen molar-refractivity contribution in [2.24, 2.45) is 4.63 Å². The molecule has 38 valence electrons. The van der Waals surface area contributed by atoms with Crippen molar-refractivity contribution in [2.75, 3.05) is 0 Å². The van der Waals surface area contributed by atoms with E-state index in [2.05, 4.69) is 4.63 Å². The fraction of sp³-hybridized carbons (Fsp3) is 1.00. The lowest BCUT2D eigenvalue weighted by atomic mass is 10.2. The quantitative estimate of drug-likeness (QED) is 0.418. The zero-order chi connectivity index (χ0) is 4.69. The molecule has 0 radical (unpaired) electrons. The Morgan fingerprint density at radius 1 is 1.43 bits per heavy atom.